The fourth-order valence-corrected chi connectivity index (χ4v) is 4.46. The Kier molecular flexibility index (Phi) is 5.53. The topological polar surface area (TPSA) is 57.7 Å². The number of rotatable bonds is 4. The molecule has 1 aliphatic heterocycles. The lowest BCUT2D eigenvalue weighted by Crippen LogP contribution is -2.35. The first kappa shape index (κ1) is 18.7. The Morgan fingerprint density at radius 3 is 2.42 bits per heavy atom. The predicted octanol–water partition coefficient (Wildman–Crippen LogP) is 3.79. The van der Waals surface area contributed by atoms with Gasteiger partial charge in [-0.05, 0) is 55.7 Å². The van der Waals surface area contributed by atoms with Crippen molar-refractivity contribution in [3.63, 3.8) is 0 Å². The number of benzene rings is 2. The van der Waals surface area contributed by atoms with Crippen LogP contribution in [0.5, 0.6) is 0 Å². The van der Waals surface area contributed by atoms with E-state index in [2.05, 4.69) is 0 Å². The summed E-state index contributed by atoms with van der Waals surface area (Å²) >= 11 is 5.97. The van der Waals surface area contributed by atoms with Crippen LogP contribution in [0.2, 0.25) is 5.02 Å². The molecule has 1 heterocycles. The molecular formula is C19H21ClN2O3S. The summed E-state index contributed by atoms with van der Waals surface area (Å²) in [5, 5.41) is 0.457. The normalized spacial score (nSPS) is 14.9. The number of hydrogen-bond donors (Lipinski definition) is 0. The molecule has 1 fully saturated rings. The lowest BCUT2D eigenvalue weighted by atomic mass is 10.1. The lowest BCUT2D eigenvalue weighted by molar-refractivity contribution is 0.0724. The van der Waals surface area contributed by atoms with E-state index in [-0.39, 0.29) is 10.8 Å². The smallest absolute Gasteiger partial charge is 0.264 e. The van der Waals surface area contributed by atoms with Gasteiger partial charge in [-0.1, -0.05) is 23.7 Å². The molecule has 1 aliphatic rings. The molecule has 0 aliphatic carbocycles. The van der Waals surface area contributed by atoms with Crippen LogP contribution in [0.15, 0.2) is 53.4 Å². The Hall–Kier alpha value is -2.05. The number of carbonyl (C=O) groups is 1. The van der Waals surface area contributed by atoms with Crippen LogP contribution in [-0.2, 0) is 10.0 Å². The fourth-order valence-electron chi connectivity index (χ4n) is 3.04. The van der Waals surface area contributed by atoms with Crippen LogP contribution in [0.1, 0.15) is 29.6 Å². The van der Waals surface area contributed by atoms with Crippen LogP contribution in [-0.4, -0.2) is 39.4 Å². The summed E-state index contributed by atoms with van der Waals surface area (Å²) in [7, 11) is -2.32. The van der Waals surface area contributed by atoms with E-state index in [9.17, 15) is 13.2 Å². The average molecular weight is 393 g/mol. The number of sulfonamides is 1. The summed E-state index contributed by atoms with van der Waals surface area (Å²) < 4.78 is 27.1. The third-order valence-electron chi connectivity index (χ3n) is 4.55. The molecule has 1 amide bonds. The molecule has 0 spiro atoms. The fraction of sp³-hybridized carbons (Fsp3) is 0.316. The molecule has 1 saturated heterocycles. The molecule has 138 valence electrons. The molecule has 0 unspecified atom stereocenters. The monoisotopic (exact) mass is 392 g/mol. The molecule has 0 atom stereocenters. The lowest BCUT2D eigenvalue weighted by Gasteiger charge is -2.27. The van der Waals surface area contributed by atoms with Gasteiger partial charge in [-0.15, -0.1) is 0 Å². The highest BCUT2D eigenvalue weighted by Gasteiger charge is 2.24. The van der Waals surface area contributed by atoms with E-state index in [1.807, 2.05) is 0 Å². The highest BCUT2D eigenvalue weighted by Crippen LogP contribution is 2.25. The van der Waals surface area contributed by atoms with Gasteiger partial charge in [-0.2, -0.15) is 0 Å². The van der Waals surface area contributed by atoms with E-state index in [0.717, 1.165) is 32.4 Å². The van der Waals surface area contributed by atoms with Gasteiger partial charge >= 0.3 is 0 Å². The first-order chi connectivity index (χ1) is 12.4. The summed E-state index contributed by atoms with van der Waals surface area (Å²) in [6, 6.07) is 12.9. The molecule has 0 radical (unpaired) electrons. The summed E-state index contributed by atoms with van der Waals surface area (Å²) in [5.74, 6) is -0.118. The van der Waals surface area contributed by atoms with Crippen LogP contribution in [0, 0.1) is 0 Å². The summed E-state index contributed by atoms with van der Waals surface area (Å²) in [5.41, 5.74) is 0.859. The molecule has 5 nitrogen and oxygen atoms in total. The number of anilines is 1. The molecule has 0 saturated carbocycles. The summed E-state index contributed by atoms with van der Waals surface area (Å²) in [6.07, 6.45) is 3.10. The van der Waals surface area contributed by atoms with Crippen molar-refractivity contribution in [2.24, 2.45) is 0 Å². The van der Waals surface area contributed by atoms with E-state index in [0.29, 0.717) is 16.3 Å². The van der Waals surface area contributed by atoms with Crippen LogP contribution in [0.4, 0.5) is 5.69 Å². The number of carbonyl (C=O) groups excluding carboxylic acids is 1. The van der Waals surface area contributed by atoms with E-state index < -0.39 is 10.0 Å². The number of piperidine rings is 1. The number of halogens is 1. The molecule has 0 N–H and O–H groups in total. The van der Waals surface area contributed by atoms with Crippen molar-refractivity contribution in [2.45, 2.75) is 24.2 Å². The second-order valence-electron chi connectivity index (χ2n) is 6.33. The van der Waals surface area contributed by atoms with Gasteiger partial charge in [0.1, 0.15) is 0 Å². The van der Waals surface area contributed by atoms with Crippen molar-refractivity contribution in [3.05, 3.63) is 59.1 Å². The number of hydrogen-bond acceptors (Lipinski definition) is 3. The van der Waals surface area contributed by atoms with Gasteiger partial charge in [0.15, 0.2) is 0 Å². The second-order valence-corrected chi connectivity index (χ2v) is 8.74. The van der Waals surface area contributed by atoms with Crippen molar-refractivity contribution in [1.29, 1.82) is 0 Å². The Labute approximate surface area is 159 Å². The molecule has 2 aromatic rings. The first-order valence-corrected chi connectivity index (χ1v) is 10.4. The molecule has 26 heavy (non-hydrogen) atoms. The zero-order valence-electron chi connectivity index (χ0n) is 14.6. The Morgan fingerprint density at radius 2 is 1.73 bits per heavy atom. The van der Waals surface area contributed by atoms with Crippen molar-refractivity contribution in [3.8, 4) is 0 Å². The molecule has 3 rings (SSSR count). The summed E-state index contributed by atoms with van der Waals surface area (Å²) in [6.45, 7) is 1.44. The van der Waals surface area contributed by atoms with Crippen LogP contribution >= 0.6 is 11.6 Å². The quantitative estimate of drug-likeness (QED) is 0.795. The van der Waals surface area contributed by atoms with Gasteiger partial charge in [0, 0.05) is 30.7 Å². The Bertz CT molecular complexity index is 909. The number of nitrogens with zero attached hydrogens (tertiary/aromatic N) is 2. The zero-order valence-corrected chi connectivity index (χ0v) is 16.1. The average Bonchev–Trinajstić information content (AvgIpc) is 2.67. The Balaban J connectivity index is 1.89. The standard InChI is InChI=1S/C19H21ClN2O3S/c1-21(17-9-6-8-16(20)14-17)26(24,25)18-10-5-7-15(13-18)19(23)22-11-3-2-4-12-22/h5-10,13-14H,2-4,11-12H2,1H3. The third kappa shape index (κ3) is 3.86. The largest absolute Gasteiger partial charge is 0.339 e. The highest BCUT2D eigenvalue weighted by molar-refractivity contribution is 7.92. The maximum atomic E-state index is 13.0. The van der Waals surface area contributed by atoms with E-state index in [4.69, 9.17) is 11.6 Å². The third-order valence-corrected chi connectivity index (χ3v) is 6.57. The van der Waals surface area contributed by atoms with Crippen molar-refractivity contribution < 1.29 is 13.2 Å². The second kappa shape index (κ2) is 7.68. The van der Waals surface area contributed by atoms with Gasteiger partial charge in [-0.25, -0.2) is 8.42 Å². The first-order valence-electron chi connectivity index (χ1n) is 8.53. The van der Waals surface area contributed by atoms with Gasteiger partial charge in [0.25, 0.3) is 15.9 Å². The van der Waals surface area contributed by atoms with Gasteiger partial charge < -0.3 is 4.90 Å². The van der Waals surface area contributed by atoms with Crippen LogP contribution in [0.25, 0.3) is 0 Å². The van der Waals surface area contributed by atoms with Crippen molar-refractivity contribution in [1.82, 2.24) is 4.90 Å². The van der Waals surface area contributed by atoms with Crippen LogP contribution in [0.3, 0.4) is 0 Å². The minimum atomic E-state index is -3.79. The van der Waals surface area contributed by atoms with E-state index in [1.54, 1.807) is 41.3 Å². The predicted molar refractivity (Wildman–Crippen MR) is 103 cm³/mol. The molecule has 0 aromatic heterocycles. The minimum absolute atomic E-state index is 0.0860. The molecule has 7 heteroatoms. The van der Waals surface area contributed by atoms with Gasteiger partial charge in [-0.3, -0.25) is 9.10 Å². The molecule has 0 bridgehead atoms. The molecular weight excluding hydrogens is 372 g/mol. The number of amides is 1. The van der Waals surface area contributed by atoms with Crippen LogP contribution < -0.4 is 4.31 Å². The highest BCUT2D eigenvalue weighted by atomic mass is 35.5. The molecule has 2 aromatic carbocycles. The Morgan fingerprint density at radius 1 is 1.04 bits per heavy atom. The van der Waals surface area contributed by atoms with E-state index >= 15 is 0 Å². The maximum absolute atomic E-state index is 13.0. The van der Waals surface area contributed by atoms with Gasteiger partial charge in [0.05, 0.1) is 10.6 Å². The van der Waals surface area contributed by atoms with Gasteiger partial charge in [0.2, 0.25) is 0 Å². The zero-order chi connectivity index (χ0) is 18.7. The van der Waals surface area contributed by atoms with Crippen molar-refractivity contribution in [2.75, 3.05) is 24.4 Å². The maximum Gasteiger partial charge on any atom is 0.264 e. The van der Waals surface area contributed by atoms with E-state index in [1.165, 1.54) is 23.5 Å². The summed E-state index contributed by atoms with van der Waals surface area (Å²) in [4.78, 5) is 14.5. The SMILES string of the molecule is CN(c1cccc(Cl)c1)S(=O)(=O)c1cccc(C(=O)N2CCCCC2)c1. The number of likely N-dealkylation sites (tertiary alicyclic amines) is 1. The van der Waals surface area contributed by atoms with Crippen molar-refractivity contribution >= 4 is 33.2 Å². The minimum Gasteiger partial charge on any atom is -0.339 e.